The number of hydrogen-bond acceptors (Lipinski definition) is 5. The summed E-state index contributed by atoms with van der Waals surface area (Å²) in [5, 5.41) is 18.9. The molecule has 3 aromatic rings. The number of carboxylic acid groups (broad SMARTS) is 1. The maximum atomic E-state index is 15.2. The first-order valence-corrected chi connectivity index (χ1v) is 10.2. The number of carbonyl (C=O) groups excluding carboxylic acids is 1. The van der Waals surface area contributed by atoms with Gasteiger partial charge in [0.1, 0.15) is 0 Å². The Balaban J connectivity index is 1.61. The summed E-state index contributed by atoms with van der Waals surface area (Å²) in [5.74, 6) is -2.13. The van der Waals surface area contributed by atoms with Crippen LogP contribution in [-0.4, -0.2) is 28.4 Å². The van der Waals surface area contributed by atoms with E-state index in [1.165, 1.54) is 23.2 Å². The lowest BCUT2D eigenvalue weighted by Crippen LogP contribution is -2.28. The van der Waals surface area contributed by atoms with Crippen molar-refractivity contribution in [3.63, 3.8) is 0 Å². The third-order valence-corrected chi connectivity index (χ3v) is 5.43. The van der Waals surface area contributed by atoms with E-state index in [-0.39, 0.29) is 22.5 Å². The molecule has 7 nitrogen and oxygen atoms in total. The number of hydrogen-bond donors (Lipinski definition) is 2. The second-order valence-electron chi connectivity index (χ2n) is 7.70. The van der Waals surface area contributed by atoms with Crippen LogP contribution in [0.4, 0.5) is 15.8 Å². The van der Waals surface area contributed by atoms with Gasteiger partial charge in [-0.2, -0.15) is 15.2 Å². The van der Waals surface area contributed by atoms with Crippen molar-refractivity contribution in [3.05, 3.63) is 83.2 Å². The first-order chi connectivity index (χ1) is 15.8. The predicted molar refractivity (Wildman–Crippen MR) is 126 cm³/mol. The smallest absolute Gasteiger partial charge is 0.335 e. The van der Waals surface area contributed by atoms with Crippen LogP contribution >= 0.6 is 0 Å². The van der Waals surface area contributed by atoms with E-state index >= 15 is 4.39 Å². The molecule has 0 fully saturated rings. The molecule has 0 aliphatic carbocycles. The summed E-state index contributed by atoms with van der Waals surface area (Å²) < 4.78 is 15.2. The summed E-state index contributed by atoms with van der Waals surface area (Å²) in [5.41, 5.74) is 6.59. The van der Waals surface area contributed by atoms with Crippen LogP contribution in [0.15, 0.2) is 70.9 Å². The quantitative estimate of drug-likeness (QED) is 0.542. The zero-order valence-electron chi connectivity index (χ0n) is 18.3. The fourth-order valence-corrected chi connectivity index (χ4v) is 3.44. The van der Waals surface area contributed by atoms with Crippen LogP contribution in [0.3, 0.4) is 0 Å². The van der Waals surface area contributed by atoms with Crippen LogP contribution in [0.25, 0.3) is 11.1 Å². The molecule has 1 aliphatic rings. The van der Waals surface area contributed by atoms with Gasteiger partial charge >= 0.3 is 11.9 Å². The number of benzene rings is 3. The van der Waals surface area contributed by atoms with Gasteiger partial charge in [-0.15, -0.1) is 0 Å². The molecule has 0 atom stereocenters. The molecule has 0 saturated heterocycles. The average Bonchev–Trinajstić information content (AvgIpc) is 3.08. The Morgan fingerprint density at radius 1 is 1.03 bits per heavy atom. The molecule has 8 heteroatoms. The number of halogens is 1. The van der Waals surface area contributed by atoms with Gasteiger partial charge in [0.15, 0.2) is 11.5 Å². The largest absolute Gasteiger partial charge is 0.478 e. The number of aromatic carboxylic acids is 1. The molecule has 0 unspecified atom stereocenters. The number of rotatable bonds is 5. The lowest BCUT2D eigenvalue weighted by Gasteiger charge is -2.13. The zero-order valence-corrected chi connectivity index (χ0v) is 18.3. The van der Waals surface area contributed by atoms with Crippen LogP contribution in [0.2, 0.25) is 0 Å². The number of carboxylic acids is 1. The maximum absolute atomic E-state index is 15.2. The lowest BCUT2D eigenvalue weighted by molar-refractivity contribution is -0.112. The summed E-state index contributed by atoms with van der Waals surface area (Å²) in [6, 6.07) is 16.2. The molecule has 4 rings (SSSR count). The Bertz CT molecular complexity index is 1350. The van der Waals surface area contributed by atoms with Crippen LogP contribution in [0, 0.1) is 19.7 Å². The Morgan fingerprint density at radius 2 is 1.79 bits per heavy atom. The van der Waals surface area contributed by atoms with E-state index < -0.39 is 17.7 Å². The summed E-state index contributed by atoms with van der Waals surface area (Å²) in [6.45, 7) is 5.59. The maximum Gasteiger partial charge on any atom is 0.335 e. The number of aryl methyl sites for hydroxylation is 2. The van der Waals surface area contributed by atoms with Gasteiger partial charge in [-0.05, 0) is 67.8 Å². The topological polar surface area (TPSA) is 94.4 Å². The first kappa shape index (κ1) is 21.9. The molecule has 0 radical (unpaired) electrons. The molecule has 2 N–H and O–H groups in total. The normalized spacial score (nSPS) is 14.5. The number of amides is 1. The van der Waals surface area contributed by atoms with Gasteiger partial charge in [0.2, 0.25) is 0 Å². The highest BCUT2D eigenvalue weighted by atomic mass is 19.1. The molecule has 1 heterocycles. The van der Waals surface area contributed by atoms with Crippen molar-refractivity contribution < 1.29 is 19.1 Å². The summed E-state index contributed by atoms with van der Waals surface area (Å²) in [6.07, 6.45) is 0. The van der Waals surface area contributed by atoms with Crippen molar-refractivity contribution in [2.45, 2.75) is 20.8 Å². The average molecular weight is 444 g/mol. The summed E-state index contributed by atoms with van der Waals surface area (Å²) in [7, 11) is 0. The predicted octanol–water partition coefficient (Wildman–Crippen LogP) is 5.00. The lowest BCUT2D eigenvalue weighted by atomic mass is 10.0. The molecule has 0 aromatic heterocycles. The molecule has 0 saturated carbocycles. The monoisotopic (exact) mass is 444 g/mol. The fourth-order valence-electron chi connectivity index (χ4n) is 3.44. The van der Waals surface area contributed by atoms with E-state index in [0.29, 0.717) is 17.0 Å². The summed E-state index contributed by atoms with van der Waals surface area (Å²) >= 11 is 0. The zero-order chi connectivity index (χ0) is 23.7. The van der Waals surface area contributed by atoms with E-state index in [2.05, 4.69) is 15.6 Å². The van der Waals surface area contributed by atoms with E-state index in [1.54, 1.807) is 31.2 Å². The van der Waals surface area contributed by atoms with Gasteiger partial charge in [0.25, 0.3) is 0 Å². The molecular formula is C25H21FN4O3. The minimum absolute atomic E-state index is 0.0472. The second kappa shape index (κ2) is 8.66. The highest BCUT2D eigenvalue weighted by Gasteiger charge is 2.31. The van der Waals surface area contributed by atoms with Crippen molar-refractivity contribution in [3.8, 4) is 11.1 Å². The van der Waals surface area contributed by atoms with Crippen LogP contribution < -0.4 is 10.4 Å². The Hall–Kier alpha value is -4.33. The molecule has 0 bridgehead atoms. The molecule has 0 spiro atoms. The Morgan fingerprint density at radius 3 is 2.52 bits per heavy atom. The van der Waals surface area contributed by atoms with Gasteiger partial charge in [-0.25, -0.2) is 9.18 Å². The van der Waals surface area contributed by atoms with Crippen LogP contribution in [-0.2, 0) is 4.79 Å². The SMILES string of the molecule is CC1=NN(c2ccc(C)c(C)c2)C(=O)C1=NNc1cccc(-c2cccc(C(=O)O)c2)c1F. The van der Waals surface area contributed by atoms with E-state index in [1.807, 2.05) is 32.0 Å². The number of hydrazone groups is 2. The van der Waals surface area contributed by atoms with Gasteiger partial charge in [0.05, 0.1) is 22.6 Å². The van der Waals surface area contributed by atoms with E-state index in [4.69, 9.17) is 0 Å². The third-order valence-electron chi connectivity index (χ3n) is 5.43. The number of nitrogens with zero attached hydrogens (tertiary/aromatic N) is 3. The van der Waals surface area contributed by atoms with Gasteiger partial charge in [-0.3, -0.25) is 10.2 Å². The molecular weight excluding hydrogens is 423 g/mol. The second-order valence-corrected chi connectivity index (χ2v) is 7.70. The molecule has 166 valence electrons. The van der Waals surface area contributed by atoms with Crippen molar-refractivity contribution in [2.75, 3.05) is 10.4 Å². The van der Waals surface area contributed by atoms with Crippen molar-refractivity contribution in [2.24, 2.45) is 10.2 Å². The minimum Gasteiger partial charge on any atom is -0.478 e. The molecule has 1 aliphatic heterocycles. The highest BCUT2D eigenvalue weighted by molar-refractivity contribution is 6.71. The highest BCUT2D eigenvalue weighted by Crippen LogP contribution is 2.29. The number of carbonyl (C=O) groups is 2. The Kier molecular flexibility index (Phi) is 5.74. The van der Waals surface area contributed by atoms with Crippen LogP contribution in [0.1, 0.15) is 28.4 Å². The molecule has 3 aromatic carbocycles. The standard InChI is InChI=1S/C25H21FN4O3/c1-14-10-11-19(12-15(14)2)30-24(31)23(16(3)29-30)28-27-21-9-5-8-20(22(21)26)17-6-4-7-18(13-17)25(32)33/h4-13,27H,1-3H3,(H,32,33). The van der Waals surface area contributed by atoms with E-state index in [9.17, 15) is 14.7 Å². The first-order valence-electron chi connectivity index (χ1n) is 10.2. The van der Waals surface area contributed by atoms with Gasteiger partial charge in [0, 0.05) is 5.56 Å². The fraction of sp³-hybridized carbons (Fsp3) is 0.120. The van der Waals surface area contributed by atoms with E-state index in [0.717, 1.165) is 11.1 Å². The van der Waals surface area contributed by atoms with Gasteiger partial charge < -0.3 is 5.11 Å². The summed E-state index contributed by atoms with van der Waals surface area (Å²) in [4.78, 5) is 24.1. The minimum atomic E-state index is -1.10. The van der Waals surface area contributed by atoms with Crippen molar-refractivity contribution in [1.82, 2.24) is 0 Å². The van der Waals surface area contributed by atoms with Crippen LogP contribution in [0.5, 0.6) is 0 Å². The third kappa shape index (κ3) is 4.23. The number of anilines is 2. The van der Waals surface area contributed by atoms with Gasteiger partial charge in [-0.1, -0.05) is 30.3 Å². The number of nitrogens with one attached hydrogen (secondary N) is 1. The Labute approximate surface area is 189 Å². The molecule has 33 heavy (non-hydrogen) atoms. The van der Waals surface area contributed by atoms with Crippen molar-refractivity contribution in [1.29, 1.82) is 0 Å². The molecule has 1 amide bonds. The van der Waals surface area contributed by atoms with Crippen molar-refractivity contribution >= 4 is 34.7 Å².